The van der Waals surface area contributed by atoms with Gasteiger partial charge in [-0.1, -0.05) is 158 Å². The molecule has 0 fully saturated rings. The fraction of sp³-hybridized carbons (Fsp3) is 0.0370. The fourth-order valence-corrected chi connectivity index (χ4v) is 9.48. The van der Waals surface area contributed by atoms with Crippen LogP contribution >= 0.6 is 0 Å². The Bertz CT molecular complexity index is 3510. The number of nitrogens with zero attached hydrogens (tertiary/aromatic N) is 3. The zero-order chi connectivity index (χ0) is 37.5. The molecule has 0 saturated heterocycles. The maximum Gasteiger partial charge on any atom is 0.161 e. The van der Waals surface area contributed by atoms with E-state index in [1.54, 1.807) is 0 Å². The first-order valence-electron chi connectivity index (χ1n) is 19.8. The average Bonchev–Trinajstić information content (AvgIpc) is 3.64. The van der Waals surface area contributed by atoms with Crippen molar-refractivity contribution in [2.24, 2.45) is 0 Å². The van der Waals surface area contributed by atoms with Gasteiger partial charge >= 0.3 is 0 Å². The van der Waals surface area contributed by atoms with Gasteiger partial charge in [0.1, 0.15) is 0 Å². The van der Waals surface area contributed by atoms with Crippen molar-refractivity contribution >= 4 is 81.4 Å². The molecule has 9 aromatic carbocycles. The van der Waals surface area contributed by atoms with Gasteiger partial charge < -0.3 is 4.57 Å². The average molecular weight is 726 g/mol. The van der Waals surface area contributed by atoms with E-state index in [-0.39, 0.29) is 0 Å². The van der Waals surface area contributed by atoms with Gasteiger partial charge in [-0.15, -0.1) is 0 Å². The smallest absolute Gasteiger partial charge is 0.161 e. The lowest BCUT2D eigenvalue weighted by atomic mass is 9.90. The molecular weight excluding hydrogens is 691 g/mol. The van der Waals surface area contributed by atoms with Crippen LogP contribution in [0.5, 0.6) is 0 Å². The monoisotopic (exact) mass is 725 g/mol. The van der Waals surface area contributed by atoms with Crippen molar-refractivity contribution in [3.8, 4) is 33.9 Å². The van der Waals surface area contributed by atoms with Crippen molar-refractivity contribution in [2.75, 3.05) is 0 Å². The summed E-state index contributed by atoms with van der Waals surface area (Å²) in [6.07, 6.45) is 9.10. The molecule has 2 heterocycles. The molecule has 0 aliphatic heterocycles. The van der Waals surface area contributed by atoms with Gasteiger partial charge in [-0.25, -0.2) is 9.97 Å². The molecule has 0 amide bonds. The summed E-state index contributed by atoms with van der Waals surface area (Å²) in [5.41, 5.74) is 8.69. The molecule has 2 aromatic heterocycles. The maximum absolute atomic E-state index is 5.54. The highest BCUT2D eigenvalue weighted by Gasteiger charge is 2.23. The van der Waals surface area contributed by atoms with Crippen molar-refractivity contribution in [1.29, 1.82) is 0 Å². The molecule has 0 spiro atoms. The second-order valence-electron chi connectivity index (χ2n) is 15.1. The Morgan fingerprint density at radius 3 is 1.81 bits per heavy atom. The molecule has 3 nitrogen and oxygen atoms in total. The minimum absolute atomic E-state index is 0.714. The first-order valence-corrected chi connectivity index (χ1v) is 19.8. The maximum atomic E-state index is 5.54. The van der Waals surface area contributed by atoms with Crippen LogP contribution in [0.25, 0.3) is 115 Å². The molecule has 12 rings (SSSR count). The first-order chi connectivity index (χ1) is 28.3. The summed E-state index contributed by atoms with van der Waals surface area (Å²) in [7, 11) is 0. The summed E-state index contributed by atoms with van der Waals surface area (Å²) in [5, 5.41) is 14.6. The summed E-state index contributed by atoms with van der Waals surface area (Å²) in [4.78, 5) is 11.0. The van der Waals surface area contributed by atoms with E-state index in [0.717, 1.165) is 46.3 Å². The van der Waals surface area contributed by atoms with Crippen LogP contribution in [0.3, 0.4) is 0 Å². The van der Waals surface area contributed by atoms with Gasteiger partial charge in [0.2, 0.25) is 0 Å². The van der Waals surface area contributed by atoms with Gasteiger partial charge in [0.25, 0.3) is 0 Å². The predicted molar refractivity (Wildman–Crippen MR) is 242 cm³/mol. The van der Waals surface area contributed by atoms with Gasteiger partial charge in [0.05, 0.1) is 22.4 Å². The number of fused-ring (bicyclic) bond motifs is 13. The van der Waals surface area contributed by atoms with E-state index in [2.05, 4.69) is 193 Å². The predicted octanol–water partition coefficient (Wildman–Crippen LogP) is 14.5. The first kappa shape index (κ1) is 31.9. The van der Waals surface area contributed by atoms with Crippen molar-refractivity contribution in [3.63, 3.8) is 0 Å². The Labute approximate surface area is 329 Å². The minimum Gasteiger partial charge on any atom is -0.309 e. The van der Waals surface area contributed by atoms with Crippen LogP contribution in [0.2, 0.25) is 0 Å². The lowest BCUT2D eigenvalue weighted by Crippen LogP contribution is -1.99. The molecule has 0 atom stereocenters. The second-order valence-corrected chi connectivity index (χ2v) is 15.1. The van der Waals surface area contributed by atoms with E-state index in [1.807, 2.05) is 0 Å². The zero-order valence-corrected chi connectivity index (χ0v) is 31.2. The SMILES string of the molecule is C1=CC(n2c3ccccc3c3c4c5ccccc5c(-c5nc(-c6ccccc6)cc(-c6cc7ccccc7c7ccccc67)n5)cc4c4ccccc4c32)=CCC1. The van der Waals surface area contributed by atoms with Gasteiger partial charge in [-0.3, -0.25) is 0 Å². The molecule has 0 bridgehead atoms. The largest absolute Gasteiger partial charge is 0.309 e. The van der Waals surface area contributed by atoms with Crippen molar-refractivity contribution < 1.29 is 0 Å². The number of hydrogen-bond donors (Lipinski definition) is 0. The second kappa shape index (κ2) is 12.6. The molecule has 0 saturated carbocycles. The van der Waals surface area contributed by atoms with Crippen LogP contribution in [-0.4, -0.2) is 14.5 Å². The molecule has 0 radical (unpaired) electrons. The molecule has 266 valence electrons. The highest BCUT2D eigenvalue weighted by Crippen LogP contribution is 2.47. The highest BCUT2D eigenvalue weighted by atomic mass is 15.0. The topological polar surface area (TPSA) is 30.7 Å². The Hall–Kier alpha value is -7.36. The van der Waals surface area contributed by atoms with Crippen LogP contribution in [0.15, 0.2) is 188 Å². The van der Waals surface area contributed by atoms with Crippen molar-refractivity contribution in [3.05, 3.63) is 188 Å². The molecule has 0 unspecified atom stereocenters. The number of hydrogen-bond acceptors (Lipinski definition) is 2. The summed E-state index contributed by atoms with van der Waals surface area (Å²) in [5.74, 6) is 0.714. The standard InChI is InChI=1S/C54H35N3/c1-3-17-34(18-4-1)48-33-49(45-31-35-19-7-8-22-37(35)38-23-9-10-24-39(38)45)56-54(55-48)47-32-46-41-26-12-14-28-43(41)53-52(51(46)42-27-13-11-25-40(42)47)44-29-15-16-30-50(44)57(53)36-20-5-2-6-21-36/h1,3-5,7-33H,2,6H2. The Morgan fingerprint density at radius 2 is 1.04 bits per heavy atom. The molecule has 1 aliphatic rings. The normalized spacial score (nSPS) is 13.2. The third kappa shape index (κ3) is 4.85. The highest BCUT2D eigenvalue weighted by molar-refractivity contribution is 6.38. The molecule has 0 N–H and O–H groups in total. The van der Waals surface area contributed by atoms with E-state index in [9.17, 15) is 0 Å². The zero-order valence-electron chi connectivity index (χ0n) is 31.2. The Balaban J connectivity index is 1.22. The van der Waals surface area contributed by atoms with Gasteiger partial charge in [0.15, 0.2) is 5.82 Å². The fourth-order valence-electron chi connectivity index (χ4n) is 9.48. The van der Waals surface area contributed by atoms with Crippen LogP contribution in [0.4, 0.5) is 0 Å². The van der Waals surface area contributed by atoms with Crippen molar-refractivity contribution in [1.82, 2.24) is 14.5 Å². The molecule has 57 heavy (non-hydrogen) atoms. The Kier molecular flexibility index (Phi) is 7.05. The molecule has 1 aliphatic carbocycles. The number of aromatic nitrogens is 3. The van der Waals surface area contributed by atoms with Crippen LogP contribution in [0, 0.1) is 0 Å². The van der Waals surface area contributed by atoms with E-state index in [1.165, 1.54) is 76.0 Å². The van der Waals surface area contributed by atoms with E-state index in [0.29, 0.717) is 5.82 Å². The molecular formula is C54H35N3. The third-order valence-corrected chi connectivity index (χ3v) is 12.0. The summed E-state index contributed by atoms with van der Waals surface area (Å²) >= 11 is 0. The molecule has 3 heteroatoms. The van der Waals surface area contributed by atoms with Gasteiger partial charge in [-0.05, 0) is 86.3 Å². The number of allylic oxidation sites excluding steroid dienone is 4. The number of benzene rings is 9. The quantitative estimate of drug-likeness (QED) is 0.169. The minimum atomic E-state index is 0.714. The van der Waals surface area contributed by atoms with Crippen LogP contribution < -0.4 is 0 Å². The van der Waals surface area contributed by atoms with E-state index < -0.39 is 0 Å². The molecule has 11 aromatic rings. The number of para-hydroxylation sites is 1. The third-order valence-electron chi connectivity index (χ3n) is 12.0. The summed E-state index contributed by atoms with van der Waals surface area (Å²) in [6.45, 7) is 0. The summed E-state index contributed by atoms with van der Waals surface area (Å²) < 4.78 is 2.50. The number of rotatable bonds is 4. The summed E-state index contributed by atoms with van der Waals surface area (Å²) in [6, 6.07) is 61.4. The van der Waals surface area contributed by atoms with Gasteiger partial charge in [-0.2, -0.15) is 0 Å². The Morgan fingerprint density at radius 1 is 0.421 bits per heavy atom. The van der Waals surface area contributed by atoms with Crippen LogP contribution in [-0.2, 0) is 0 Å². The lowest BCUT2D eigenvalue weighted by molar-refractivity contribution is 1.02. The van der Waals surface area contributed by atoms with E-state index in [4.69, 9.17) is 9.97 Å². The van der Waals surface area contributed by atoms with Gasteiger partial charge in [0, 0.05) is 43.9 Å². The lowest BCUT2D eigenvalue weighted by Gasteiger charge is -2.17. The van der Waals surface area contributed by atoms with E-state index >= 15 is 0 Å². The van der Waals surface area contributed by atoms with Crippen molar-refractivity contribution in [2.45, 2.75) is 12.8 Å². The van der Waals surface area contributed by atoms with Crippen LogP contribution in [0.1, 0.15) is 12.8 Å².